The van der Waals surface area contributed by atoms with E-state index in [-0.39, 0.29) is 5.91 Å². The van der Waals surface area contributed by atoms with Gasteiger partial charge >= 0.3 is 0 Å². The zero-order valence-electron chi connectivity index (χ0n) is 15.8. The van der Waals surface area contributed by atoms with E-state index in [0.29, 0.717) is 25.3 Å². The summed E-state index contributed by atoms with van der Waals surface area (Å²) < 4.78 is 11.2. The van der Waals surface area contributed by atoms with E-state index >= 15 is 0 Å². The second-order valence-electron chi connectivity index (χ2n) is 6.35. The zero-order chi connectivity index (χ0) is 18.8. The highest BCUT2D eigenvalue weighted by molar-refractivity contribution is 5.94. The third-order valence-corrected chi connectivity index (χ3v) is 3.77. The first kappa shape index (κ1) is 19.8. The van der Waals surface area contributed by atoms with Gasteiger partial charge in [0.15, 0.2) is 0 Å². The Labute approximate surface area is 155 Å². The van der Waals surface area contributed by atoms with E-state index in [2.05, 4.69) is 17.1 Å². The monoisotopic (exact) mass is 356 g/mol. The second-order valence-corrected chi connectivity index (χ2v) is 6.35. The Hall–Kier alpha value is -2.53. The molecule has 26 heavy (non-hydrogen) atoms. The fourth-order valence-corrected chi connectivity index (χ4v) is 2.26. The Bertz CT molecular complexity index is 667. The molecular weight excluding hydrogens is 328 g/mol. The number of nitrogens with zero attached hydrogens (tertiary/aromatic N) is 1. The van der Waals surface area contributed by atoms with E-state index in [4.69, 9.17) is 9.47 Å². The van der Waals surface area contributed by atoms with Gasteiger partial charge in [-0.25, -0.2) is 0 Å². The summed E-state index contributed by atoms with van der Waals surface area (Å²) in [5, 5.41) is 2.93. The molecule has 140 valence electrons. The van der Waals surface area contributed by atoms with Crippen LogP contribution in [0.25, 0.3) is 0 Å². The quantitative estimate of drug-likeness (QED) is 0.709. The van der Waals surface area contributed by atoms with Crippen molar-refractivity contribution in [2.45, 2.75) is 19.9 Å². The first-order valence-corrected chi connectivity index (χ1v) is 8.96. The van der Waals surface area contributed by atoms with Crippen molar-refractivity contribution in [3.8, 4) is 11.5 Å². The van der Waals surface area contributed by atoms with Crippen molar-refractivity contribution >= 4 is 5.91 Å². The predicted octanol–water partition coefficient (Wildman–Crippen LogP) is 3.35. The molecule has 0 heterocycles. The number of benzene rings is 2. The van der Waals surface area contributed by atoms with Gasteiger partial charge in [-0.2, -0.15) is 0 Å². The lowest BCUT2D eigenvalue weighted by Gasteiger charge is -2.11. The van der Waals surface area contributed by atoms with Crippen molar-refractivity contribution in [3.05, 3.63) is 59.7 Å². The molecule has 0 aliphatic rings. The van der Waals surface area contributed by atoms with Gasteiger partial charge in [0.25, 0.3) is 5.91 Å². The van der Waals surface area contributed by atoms with Crippen LogP contribution in [0.3, 0.4) is 0 Å². The van der Waals surface area contributed by atoms with Crippen molar-refractivity contribution < 1.29 is 14.3 Å². The Kier molecular flexibility index (Phi) is 7.96. The molecule has 5 heteroatoms. The lowest BCUT2D eigenvalue weighted by atomic mass is 10.2. The third-order valence-electron chi connectivity index (χ3n) is 3.77. The standard InChI is InChI=1S/C21H28N2O3/c1-4-14-25-20-11-7-18(8-12-20)21(24)22-16-17-5-9-19(10-6-17)26-15-13-23(2)3/h5-12H,4,13-16H2,1-3H3,(H,22,24). The molecular formula is C21H28N2O3. The van der Waals surface area contributed by atoms with Crippen LogP contribution in [0.1, 0.15) is 29.3 Å². The Balaban J connectivity index is 1.79. The first-order chi connectivity index (χ1) is 12.6. The molecule has 0 saturated heterocycles. The van der Waals surface area contributed by atoms with Gasteiger partial charge in [-0.15, -0.1) is 0 Å². The van der Waals surface area contributed by atoms with Crippen LogP contribution in [-0.2, 0) is 6.54 Å². The molecule has 0 fully saturated rings. The number of likely N-dealkylation sites (N-methyl/N-ethyl adjacent to an activating group) is 1. The topological polar surface area (TPSA) is 50.8 Å². The zero-order valence-corrected chi connectivity index (χ0v) is 15.8. The summed E-state index contributed by atoms with van der Waals surface area (Å²) in [5.74, 6) is 1.52. The van der Waals surface area contributed by atoms with Crippen LogP contribution in [0.15, 0.2) is 48.5 Å². The smallest absolute Gasteiger partial charge is 0.251 e. The van der Waals surface area contributed by atoms with Gasteiger partial charge in [0.2, 0.25) is 0 Å². The molecule has 0 saturated carbocycles. The third kappa shape index (κ3) is 6.76. The van der Waals surface area contributed by atoms with Crippen LogP contribution in [0, 0.1) is 0 Å². The summed E-state index contributed by atoms with van der Waals surface area (Å²) in [5.41, 5.74) is 1.65. The molecule has 5 nitrogen and oxygen atoms in total. The molecule has 0 atom stereocenters. The summed E-state index contributed by atoms with van der Waals surface area (Å²) >= 11 is 0. The summed E-state index contributed by atoms with van der Waals surface area (Å²) in [4.78, 5) is 14.3. The van der Waals surface area contributed by atoms with E-state index in [9.17, 15) is 4.79 Å². The number of hydrogen-bond acceptors (Lipinski definition) is 4. The fraction of sp³-hybridized carbons (Fsp3) is 0.381. The normalized spacial score (nSPS) is 10.6. The van der Waals surface area contributed by atoms with Gasteiger partial charge < -0.3 is 19.7 Å². The number of carbonyl (C=O) groups is 1. The SMILES string of the molecule is CCCOc1ccc(C(=O)NCc2ccc(OCCN(C)C)cc2)cc1. The molecule has 1 amide bonds. The molecule has 2 rings (SSSR count). The second kappa shape index (κ2) is 10.5. The predicted molar refractivity (Wildman–Crippen MR) is 104 cm³/mol. The molecule has 0 unspecified atom stereocenters. The lowest BCUT2D eigenvalue weighted by Crippen LogP contribution is -2.22. The maximum atomic E-state index is 12.2. The van der Waals surface area contributed by atoms with Crippen LogP contribution in [0.5, 0.6) is 11.5 Å². The van der Waals surface area contributed by atoms with E-state index in [1.807, 2.05) is 50.5 Å². The maximum absolute atomic E-state index is 12.2. The van der Waals surface area contributed by atoms with Gasteiger partial charge in [-0.05, 0) is 62.5 Å². The van der Waals surface area contributed by atoms with E-state index in [0.717, 1.165) is 30.0 Å². The van der Waals surface area contributed by atoms with Gasteiger partial charge in [-0.3, -0.25) is 4.79 Å². The number of amides is 1. The maximum Gasteiger partial charge on any atom is 0.251 e. The lowest BCUT2D eigenvalue weighted by molar-refractivity contribution is 0.0951. The molecule has 0 aliphatic heterocycles. The average molecular weight is 356 g/mol. The molecule has 1 N–H and O–H groups in total. The van der Waals surface area contributed by atoms with Gasteiger partial charge in [0.1, 0.15) is 18.1 Å². The average Bonchev–Trinajstić information content (AvgIpc) is 2.65. The van der Waals surface area contributed by atoms with Crippen LogP contribution in [-0.4, -0.2) is 44.7 Å². The largest absolute Gasteiger partial charge is 0.494 e. The molecule has 0 radical (unpaired) electrons. The van der Waals surface area contributed by atoms with Crippen molar-refractivity contribution in [2.75, 3.05) is 33.9 Å². The molecule has 0 spiro atoms. The van der Waals surface area contributed by atoms with Gasteiger partial charge in [0, 0.05) is 18.7 Å². The summed E-state index contributed by atoms with van der Waals surface area (Å²) in [6.07, 6.45) is 0.960. The Morgan fingerprint density at radius 2 is 1.50 bits per heavy atom. The van der Waals surface area contributed by atoms with E-state index in [1.54, 1.807) is 12.1 Å². The number of carbonyl (C=O) groups excluding carboxylic acids is 1. The van der Waals surface area contributed by atoms with E-state index < -0.39 is 0 Å². The number of rotatable bonds is 10. The molecule has 0 aromatic heterocycles. The number of nitrogens with one attached hydrogen (secondary N) is 1. The Morgan fingerprint density at radius 3 is 2.08 bits per heavy atom. The van der Waals surface area contributed by atoms with Crippen molar-refractivity contribution in [1.29, 1.82) is 0 Å². The highest BCUT2D eigenvalue weighted by atomic mass is 16.5. The molecule has 0 aliphatic carbocycles. The summed E-state index contributed by atoms with van der Waals surface area (Å²) in [6, 6.07) is 15.0. The highest BCUT2D eigenvalue weighted by Gasteiger charge is 2.06. The minimum atomic E-state index is -0.0987. The van der Waals surface area contributed by atoms with Gasteiger partial charge in [-0.1, -0.05) is 19.1 Å². The van der Waals surface area contributed by atoms with Crippen molar-refractivity contribution in [1.82, 2.24) is 10.2 Å². The van der Waals surface area contributed by atoms with Crippen LogP contribution in [0.4, 0.5) is 0 Å². The van der Waals surface area contributed by atoms with Gasteiger partial charge in [0.05, 0.1) is 6.61 Å². The fourth-order valence-electron chi connectivity index (χ4n) is 2.26. The van der Waals surface area contributed by atoms with Crippen molar-refractivity contribution in [3.63, 3.8) is 0 Å². The van der Waals surface area contributed by atoms with Crippen molar-refractivity contribution in [2.24, 2.45) is 0 Å². The van der Waals surface area contributed by atoms with Crippen LogP contribution >= 0.6 is 0 Å². The summed E-state index contributed by atoms with van der Waals surface area (Å²) in [7, 11) is 4.03. The minimum absolute atomic E-state index is 0.0987. The molecule has 2 aromatic rings. The van der Waals surface area contributed by atoms with Crippen LogP contribution < -0.4 is 14.8 Å². The van der Waals surface area contributed by atoms with E-state index in [1.165, 1.54) is 0 Å². The number of ether oxygens (including phenoxy) is 2. The highest BCUT2D eigenvalue weighted by Crippen LogP contribution is 2.14. The minimum Gasteiger partial charge on any atom is -0.494 e. The Morgan fingerprint density at radius 1 is 0.923 bits per heavy atom. The van der Waals surface area contributed by atoms with Crippen LogP contribution in [0.2, 0.25) is 0 Å². The molecule has 2 aromatic carbocycles. The first-order valence-electron chi connectivity index (χ1n) is 8.96. The molecule has 0 bridgehead atoms. The number of hydrogen-bond donors (Lipinski definition) is 1. The summed E-state index contributed by atoms with van der Waals surface area (Å²) in [6.45, 7) is 4.75.